The molecule has 16 heavy (non-hydrogen) atoms. The zero-order valence-electron chi connectivity index (χ0n) is 9.56. The maximum Gasteiger partial charge on any atom is 0.0940 e. The molecule has 0 aromatic carbocycles. The third-order valence-electron chi connectivity index (χ3n) is 2.43. The Balaban J connectivity index is 1.76. The second kappa shape index (κ2) is 5.57. The smallest absolute Gasteiger partial charge is 0.0940 e. The first-order valence-corrected chi connectivity index (χ1v) is 7.19. The Kier molecular flexibility index (Phi) is 4.09. The van der Waals surface area contributed by atoms with E-state index in [0.29, 0.717) is 6.04 Å². The van der Waals surface area contributed by atoms with Crippen molar-refractivity contribution >= 4 is 22.7 Å². The van der Waals surface area contributed by atoms with Crippen LogP contribution in [0, 0.1) is 6.92 Å². The topological polar surface area (TPSA) is 24.9 Å². The van der Waals surface area contributed by atoms with Gasteiger partial charge < -0.3 is 5.32 Å². The standard InChI is InChI=1S/C12H16N2S2/c1-9-8-16-12(14-9)5-6-13-10(2)11-4-3-7-15-11/h3-4,7-8,10,13H,5-6H2,1-2H3. The molecule has 86 valence electrons. The van der Waals surface area contributed by atoms with Gasteiger partial charge in [-0.3, -0.25) is 0 Å². The van der Waals surface area contributed by atoms with Crippen LogP contribution in [0.1, 0.15) is 28.5 Å². The Bertz CT molecular complexity index is 420. The number of hydrogen-bond donors (Lipinski definition) is 1. The summed E-state index contributed by atoms with van der Waals surface area (Å²) in [5.74, 6) is 0. The summed E-state index contributed by atoms with van der Waals surface area (Å²) in [6.45, 7) is 5.24. The lowest BCUT2D eigenvalue weighted by Crippen LogP contribution is -2.20. The van der Waals surface area contributed by atoms with Crippen molar-refractivity contribution < 1.29 is 0 Å². The second-order valence-electron chi connectivity index (χ2n) is 3.82. The van der Waals surface area contributed by atoms with Crippen LogP contribution in [0.3, 0.4) is 0 Å². The molecule has 0 amide bonds. The minimum absolute atomic E-state index is 0.445. The molecule has 0 spiro atoms. The van der Waals surface area contributed by atoms with Gasteiger partial charge in [-0.15, -0.1) is 22.7 Å². The third-order valence-corrected chi connectivity index (χ3v) is 4.51. The molecule has 2 aromatic heterocycles. The second-order valence-corrected chi connectivity index (χ2v) is 5.75. The van der Waals surface area contributed by atoms with Gasteiger partial charge in [-0.1, -0.05) is 6.07 Å². The normalized spacial score (nSPS) is 12.9. The van der Waals surface area contributed by atoms with Crippen molar-refractivity contribution in [3.8, 4) is 0 Å². The molecular formula is C12H16N2S2. The molecule has 0 aliphatic rings. The van der Waals surface area contributed by atoms with Crippen LogP contribution < -0.4 is 5.32 Å². The molecule has 2 rings (SSSR count). The number of aryl methyl sites for hydroxylation is 1. The number of hydrogen-bond acceptors (Lipinski definition) is 4. The van der Waals surface area contributed by atoms with Gasteiger partial charge in [0, 0.05) is 35.0 Å². The maximum atomic E-state index is 4.45. The molecule has 0 fully saturated rings. The molecule has 0 bridgehead atoms. The van der Waals surface area contributed by atoms with Gasteiger partial charge in [0.15, 0.2) is 0 Å². The summed E-state index contributed by atoms with van der Waals surface area (Å²) in [5, 5.41) is 8.98. The predicted octanol–water partition coefficient (Wildman–Crippen LogP) is 3.41. The lowest BCUT2D eigenvalue weighted by atomic mass is 10.2. The van der Waals surface area contributed by atoms with Gasteiger partial charge in [-0.05, 0) is 25.3 Å². The Morgan fingerprint density at radius 3 is 2.94 bits per heavy atom. The van der Waals surface area contributed by atoms with Crippen molar-refractivity contribution in [1.82, 2.24) is 10.3 Å². The molecule has 0 aliphatic heterocycles. The average molecular weight is 252 g/mol. The molecule has 2 aromatic rings. The van der Waals surface area contributed by atoms with E-state index in [2.05, 4.69) is 40.1 Å². The molecule has 2 heterocycles. The van der Waals surface area contributed by atoms with Crippen molar-refractivity contribution in [1.29, 1.82) is 0 Å². The molecule has 0 aliphatic carbocycles. The summed E-state index contributed by atoms with van der Waals surface area (Å²) in [6.07, 6.45) is 1.02. The molecule has 4 heteroatoms. The van der Waals surface area contributed by atoms with Crippen LogP contribution in [0.4, 0.5) is 0 Å². The number of nitrogens with zero attached hydrogens (tertiary/aromatic N) is 1. The molecule has 0 saturated carbocycles. The van der Waals surface area contributed by atoms with E-state index in [0.717, 1.165) is 18.7 Å². The molecular weight excluding hydrogens is 236 g/mol. The number of aromatic nitrogens is 1. The maximum absolute atomic E-state index is 4.45. The van der Waals surface area contributed by atoms with Crippen LogP contribution in [-0.2, 0) is 6.42 Å². The number of thiazole rings is 1. The Morgan fingerprint density at radius 2 is 2.31 bits per heavy atom. The highest BCUT2D eigenvalue weighted by atomic mass is 32.1. The third kappa shape index (κ3) is 3.14. The van der Waals surface area contributed by atoms with E-state index in [1.54, 1.807) is 22.7 Å². The Morgan fingerprint density at radius 1 is 1.44 bits per heavy atom. The van der Waals surface area contributed by atoms with Crippen LogP contribution in [-0.4, -0.2) is 11.5 Å². The van der Waals surface area contributed by atoms with Gasteiger partial charge in [0.2, 0.25) is 0 Å². The van der Waals surface area contributed by atoms with E-state index in [-0.39, 0.29) is 0 Å². The zero-order chi connectivity index (χ0) is 11.4. The first kappa shape index (κ1) is 11.8. The van der Waals surface area contributed by atoms with E-state index in [1.165, 1.54) is 9.88 Å². The minimum Gasteiger partial charge on any atom is -0.309 e. The fourth-order valence-electron chi connectivity index (χ4n) is 1.55. The quantitative estimate of drug-likeness (QED) is 0.882. The minimum atomic E-state index is 0.445. The monoisotopic (exact) mass is 252 g/mol. The Hall–Kier alpha value is -0.710. The number of thiophene rings is 1. The summed E-state index contributed by atoms with van der Waals surface area (Å²) < 4.78 is 0. The van der Waals surface area contributed by atoms with Gasteiger partial charge in [0.05, 0.1) is 5.01 Å². The van der Waals surface area contributed by atoms with Crippen molar-refractivity contribution in [3.63, 3.8) is 0 Å². The number of rotatable bonds is 5. The fourth-order valence-corrected chi connectivity index (χ4v) is 3.09. The van der Waals surface area contributed by atoms with E-state index in [9.17, 15) is 0 Å². The lowest BCUT2D eigenvalue weighted by molar-refractivity contribution is 0.584. The fraction of sp³-hybridized carbons (Fsp3) is 0.417. The molecule has 2 nitrogen and oxygen atoms in total. The summed E-state index contributed by atoms with van der Waals surface area (Å²) in [7, 11) is 0. The lowest BCUT2D eigenvalue weighted by Gasteiger charge is -2.10. The molecule has 1 N–H and O–H groups in total. The van der Waals surface area contributed by atoms with Crippen LogP contribution in [0.5, 0.6) is 0 Å². The summed E-state index contributed by atoms with van der Waals surface area (Å²) in [4.78, 5) is 5.85. The Labute approximate surface area is 104 Å². The van der Waals surface area contributed by atoms with Crippen molar-refractivity contribution in [2.75, 3.05) is 6.54 Å². The van der Waals surface area contributed by atoms with E-state index in [1.807, 2.05) is 6.92 Å². The van der Waals surface area contributed by atoms with Crippen molar-refractivity contribution in [3.05, 3.63) is 38.5 Å². The van der Waals surface area contributed by atoms with Crippen LogP contribution in [0.2, 0.25) is 0 Å². The largest absolute Gasteiger partial charge is 0.309 e. The highest BCUT2D eigenvalue weighted by Gasteiger charge is 2.05. The van der Waals surface area contributed by atoms with E-state index in [4.69, 9.17) is 0 Å². The summed E-state index contributed by atoms with van der Waals surface area (Å²) >= 11 is 3.56. The number of nitrogens with one attached hydrogen (secondary N) is 1. The SMILES string of the molecule is Cc1csc(CCNC(C)c2cccs2)n1. The summed E-state index contributed by atoms with van der Waals surface area (Å²) in [5.41, 5.74) is 1.13. The van der Waals surface area contributed by atoms with Gasteiger partial charge in [0.1, 0.15) is 0 Å². The highest BCUT2D eigenvalue weighted by Crippen LogP contribution is 2.18. The zero-order valence-corrected chi connectivity index (χ0v) is 11.2. The average Bonchev–Trinajstić information content (AvgIpc) is 2.89. The highest BCUT2D eigenvalue weighted by molar-refractivity contribution is 7.10. The van der Waals surface area contributed by atoms with Gasteiger partial charge in [-0.25, -0.2) is 4.98 Å². The molecule has 1 unspecified atom stereocenters. The molecule has 0 radical (unpaired) electrons. The van der Waals surface area contributed by atoms with Gasteiger partial charge in [0.25, 0.3) is 0 Å². The van der Waals surface area contributed by atoms with Crippen LogP contribution >= 0.6 is 22.7 Å². The van der Waals surface area contributed by atoms with Gasteiger partial charge >= 0.3 is 0 Å². The first-order chi connectivity index (χ1) is 7.75. The van der Waals surface area contributed by atoms with E-state index >= 15 is 0 Å². The van der Waals surface area contributed by atoms with E-state index < -0.39 is 0 Å². The molecule has 1 atom stereocenters. The van der Waals surface area contributed by atoms with Crippen molar-refractivity contribution in [2.24, 2.45) is 0 Å². The molecule has 0 saturated heterocycles. The predicted molar refractivity (Wildman–Crippen MR) is 71.3 cm³/mol. The summed E-state index contributed by atoms with van der Waals surface area (Å²) in [6, 6.07) is 4.72. The van der Waals surface area contributed by atoms with Crippen molar-refractivity contribution in [2.45, 2.75) is 26.3 Å². The van der Waals surface area contributed by atoms with Crippen LogP contribution in [0.25, 0.3) is 0 Å². The first-order valence-electron chi connectivity index (χ1n) is 5.43. The van der Waals surface area contributed by atoms with Gasteiger partial charge in [-0.2, -0.15) is 0 Å². The van der Waals surface area contributed by atoms with Crippen LogP contribution in [0.15, 0.2) is 22.9 Å².